The van der Waals surface area contributed by atoms with E-state index >= 15 is 0 Å². The van der Waals surface area contributed by atoms with Crippen LogP contribution in [0.25, 0.3) is 0 Å². The van der Waals surface area contributed by atoms with Crippen molar-refractivity contribution >= 4 is 28.8 Å². The second kappa shape index (κ2) is 8.71. The summed E-state index contributed by atoms with van der Waals surface area (Å²) < 4.78 is 0. The standard InChI is InChI=1S/C15H23N3O2S/c1-3-8-18(9-10-19)11(2)15(20)17-13-6-4-12(5-7-13)14(16)21/h4-7,11,19H,3,8-10H2,1-2H3,(H2,16,21)(H,17,20). The molecule has 1 rings (SSSR count). The summed E-state index contributed by atoms with van der Waals surface area (Å²) in [7, 11) is 0. The van der Waals surface area contributed by atoms with E-state index in [2.05, 4.69) is 5.32 Å². The molecule has 1 unspecified atom stereocenters. The van der Waals surface area contributed by atoms with Crippen LogP contribution in [0.5, 0.6) is 0 Å². The number of nitrogens with two attached hydrogens (primary N) is 1. The van der Waals surface area contributed by atoms with Crippen LogP contribution in [0.4, 0.5) is 5.69 Å². The van der Waals surface area contributed by atoms with Crippen molar-refractivity contribution in [2.75, 3.05) is 25.0 Å². The van der Waals surface area contributed by atoms with Gasteiger partial charge in [0.05, 0.1) is 12.6 Å². The molecule has 1 aromatic rings. The summed E-state index contributed by atoms with van der Waals surface area (Å²) in [6, 6.07) is 6.80. The molecular formula is C15H23N3O2S. The van der Waals surface area contributed by atoms with Crippen molar-refractivity contribution in [2.45, 2.75) is 26.3 Å². The molecule has 4 N–H and O–H groups in total. The number of hydrogen-bond acceptors (Lipinski definition) is 4. The quantitative estimate of drug-likeness (QED) is 0.632. The molecule has 0 aliphatic heterocycles. The lowest BCUT2D eigenvalue weighted by Gasteiger charge is -2.27. The average Bonchev–Trinajstić information content (AvgIpc) is 2.46. The van der Waals surface area contributed by atoms with Gasteiger partial charge in [-0.3, -0.25) is 9.69 Å². The smallest absolute Gasteiger partial charge is 0.241 e. The van der Waals surface area contributed by atoms with Gasteiger partial charge in [-0.15, -0.1) is 0 Å². The molecule has 1 amide bonds. The van der Waals surface area contributed by atoms with Crippen LogP contribution in [0.3, 0.4) is 0 Å². The van der Waals surface area contributed by atoms with Gasteiger partial charge in [-0.05, 0) is 44.2 Å². The number of aliphatic hydroxyl groups is 1. The molecule has 0 fully saturated rings. The van der Waals surface area contributed by atoms with Gasteiger partial charge in [0.25, 0.3) is 0 Å². The van der Waals surface area contributed by atoms with Gasteiger partial charge in [0.15, 0.2) is 0 Å². The number of nitrogens with one attached hydrogen (secondary N) is 1. The monoisotopic (exact) mass is 309 g/mol. The number of hydrogen-bond donors (Lipinski definition) is 3. The van der Waals surface area contributed by atoms with Crippen LogP contribution in [0, 0.1) is 0 Å². The molecule has 21 heavy (non-hydrogen) atoms. The first-order valence-corrected chi connectivity index (χ1v) is 7.46. The topological polar surface area (TPSA) is 78.6 Å². The molecule has 0 saturated carbocycles. The number of nitrogens with zero attached hydrogens (tertiary/aromatic N) is 1. The summed E-state index contributed by atoms with van der Waals surface area (Å²) in [4.78, 5) is 14.5. The maximum Gasteiger partial charge on any atom is 0.241 e. The number of carbonyl (C=O) groups excluding carboxylic acids is 1. The molecule has 0 heterocycles. The van der Waals surface area contributed by atoms with Crippen molar-refractivity contribution < 1.29 is 9.90 Å². The van der Waals surface area contributed by atoms with Gasteiger partial charge in [0.1, 0.15) is 4.99 Å². The number of benzene rings is 1. The number of anilines is 1. The maximum absolute atomic E-state index is 12.2. The Morgan fingerprint density at radius 3 is 2.48 bits per heavy atom. The summed E-state index contributed by atoms with van der Waals surface area (Å²) in [6.45, 7) is 5.19. The van der Waals surface area contributed by atoms with Crippen LogP contribution < -0.4 is 11.1 Å². The minimum atomic E-state index is -0.299. The Labute approximate surface area is 131 Å². The highest BCUT2D eigenvalue weighted by Gasteiger charge is 2.20. The molecular weight excluding hydrogens is 286 g/mol. The van der Waals surface area contributed by atoms with Crippen molar-refractivity contribution in [1.29, 1.82) is 0 Å². The highest BCUT2D eigenvalue weighted by molar-refractivity contribution is 7.80. The molecule has 116 valence electrons. The molecule has 0 aromatic heterocycles. The molecule has 0 aliphatic rings. The van der Waals surface area contributed by atoms with Crippen molar-refractivity contribution in [3.8, 4) is 0 Å². The van der Waals surface area contributed by atoms with Crippen LogP contribution in [-0.4, -0.2) is 46.6 Å². The molecule has 0 bridgehead atoms. The Balaban J connectivity index is 2.67. The molecule has 5 nitrogen and oxygen atoms in total. The Hall–Kier alpha value is -1.50. The van der Waals surface area contributed by atoms with Gasteiger partial charge >= 0.3 is 0 Å². The Kier molecular flexibility index (Phi) is 7.28. The zero-order chi connectivity index (χ0) is 15.8. The molecule has 0 spiro atoms. The predicted octanol–water partition coefficient (Wildman–Crippen LogP) is 1.35. The summed E-state index contributed by atoms with van der Waals surface area (Å²) in [5.74, 6) is -0.0972. The van der Waals surface area contributed by atoms with Gasteiger partial charge in [0, 0.05) is 17.8 Å². The number of thiocarbonyl (C=S) groups is 1. The van der Waals surface area contributed by atoms with Gasteiger partial charge in [-0.25, -0.2) is 0 Å². The first-order valence-electron chi connectivity index (χ1n) is 7.05. The highest BCUT2D eigenvalue weighted by atomic mass is 32.1. The highest BCUT2D eigenvalue weighted by Crippen LogP contribution is 2.11. The summed E-state index contributed by atoms with van der Waals surface area (Å²) in [5, 5.41) is 11.9. The molecule has 1 atom stereocenters. The Morgan fingerprint density at radius 2 is 2.00 bits per heavy atom. The van der Waals surface area contributed by atoms with Crippen molar-refractivity contribution in [2.24, 2.45) is 5.73 Å². The number of rotatable bonds is 8. The molecule has 6 heteroatoms. The number of amides is 1. The van der Waals surface area contributed by atoms with E-state index in [-0.39, 0.29) is 18.6 Å². The third-order valence-corrected chi connectivity index (χ3v) is 3.50. The largest absolute Gasteiger partial charge is 0.395 e. The van der Waals surface area contributed by atoms with Crippen molar-refractivity contribution in [3.05, 3.63) is 29.8 Å². The van der Waals surface area contributed by atoms with Gasteiger partial charge in [0.2, 0.25) is 5.91 Å². The zero-order valence-electron chi connectivity index (χ0n) is 12.5. The lowest BCUT2D eigenvalue weighted by Crippen LogP contribution is -2.43. The van der Waals surface area contributed by atoms with Gasteiger partial charge in [-0.1, -0.05) is 19.1 Å². The molecule has 1 aromatic carbocycles. The summed E-state index contributed by atoms with van der Waals surface area (Å²) in [5.41, 5.74) is 7.00. The van der Waals surface area contributed by atoms with Crippen LogP contribution in [0.2, 0.25) is 0 Å². The van der Waals surface area contributed by atoms with Crippen LogP contribution in [0.1, 0.15) is 25.8 Å². The first kappa shape index (κ1) is 17.6. The van der Waals surface area contributed by atoms with Crippen LogP contribution in [0.15, 0.2) is 24.3 Å². The normalized spacial score (nSPS) is 12.2. The lowest BCUT2D eigenvalue weighted by atomic mass is 10.2. The lowest BCUT2D eigenvalue weighted by molar-refractivity contribution is -0.120. The third kappa shape index (κ3) is 5.41. The van der Waals surface area contributed by atoms with Crippen molar-refractivity contribution in [3.63, 3.8) is 0 Å². The van der Waals surface area contributed by atoms with E-state index < -0.39 is 0 Å². The fourth-order valence-electron chi connectivity index (χ4n) is 2.05. The van der Waals surface area contributed by atoms with Crippen LogP contribution in [-0.2, 0) is 4.79 Å². The zero-order valence-corrected chi connectivity index (χ0v) is 13.3. The number of carbonyl (C=O) groups is 1. The van der Waals surface area contributed by atoms with Gasteiger partial charge < -0.3 is 16.2 Å². The SMILES string of the molecule is CCCN(CCO)C(C)C(=O)Nc1ccc(C(N)=S)cc1. The average molecular weight is 309 g/mol. The first-order chi connectivity index (χ1) is 9.99. The van der Waals surface area contributed by atoms with E-state index in [1.54, 1.807) is 24.3 Å². The van der Waals surface area contributed by atoms with E-state index in [4.69, 9.17) is 23.1 Å². The maximum atomic E-state index is 12.2. The summed E-state index contributed by atoms with van der Waals surface area (Å²) >= 11 is 4.89. The van der Waals surface area contributed by atoms with Crippen LogP contribution >= 0.6 is 12.2 Å². The number of aliphatic hydroxyl groups excluding tert-OH is 1. The van der Waals surface area contributed by atoms with E-state index in [1.165, 1.54) is 0 Å². The van der Waals surface area contributed by atoms with Crippen molar-refractivity contribution in [1.82, 2.24) is 4.90 Å². The second-order valence-electron chi connectivity index (χ2n) is 4.87. The van der Waals surface area contributed by atoms with E-state index in [9.17, 15) is 4.79 Å². The Bertz CT molecular complexity index is 470. The third-order valence-electron chi connectivity index (χ3n) is 3.26. The van der Waals surface area contributed by atoms with E-state index in [0.717, 1.165) is 18.5 Å². The minimum absolute atomic E-state index is 0.0419. The second-order valence-corrected chi connectivity index (χ2v) is 5.31. The molecule has 0 aliphatic carbocycles. The van der Waals surface area contributed by atoms with Gasteiger partial charge in [-0.2, -0.15) is 0 Å². The van der Waals surface area contributed by atoms with E-state index in [0.29, 0.717) is 17.2 Å². The molecule has 0 saturated heterocycles. The van der Waals surface area contributed by atoms with E-state index in [1.807, 2.05) is 18.7 Å². The minimum Gasteiger partial charge on any atom is -0.395 e. The Morgan fingerprint density at radius 1 is 1.38 bits per heavy atom. The predicted molar refractivity (Wildman–Crippen MR) is 89.4 cm³/mol. The molecule has 0 radical (unpaired) electrons. The summed E-state index contributed by atoms with van der Waals surface area (Å²) in [6.07, 6.45) is 0.931. The fourth-order valence-corrected chi connectivity index (χ4v) is 2.18. The fraction of sp³-hybridized carbons (Fsp3) is 0.467.